The zero-order chi connectivity index (χ0) is 18.9. The summed E-state index contributed by atoms with van der Waals surface area (Å²) in [7, 11) is 0. The summed E-state index contributed by atoms with van der Waals surface area (Å²) in [5.74, 6) is 2.12. The van der Waals surface area contributed by atoms with Crippen LogP contribution in [0.5, 0.6) is 11.6 Å². The third-order valence-corrected chi connectivity index (χ3v) is 4.60. The monoisotopic (exact) mass is 366 g/mol. The van der Waals surface area contributed by atoms with Gasteiger partial charge in [-0.3, -0.25) is 0 Å². The summed E-state index contributed by atoms with van der Waals surface area (Å²) in [6.07, 6.45) is 0. The Morgan fingerprint density at radius 1 is 0.821 bits per heavy atom. The summed E-state index contributed by atoms with van der Waals surface area (Å²) in [6, 6.07) is 27.7. The summed E-state index contributed by atoms with van der Waals surface area (Å²) in [5, 5.41) is 4.76. The average molecular weight is 366 g/mol. The van der Waals surface area contributed by atoms with Gasteiger partial charge in [0.1, 0.15) is 17.1 Å². The molecule has 0 saturated carbocycles. The van der Waals surface area contributed by atoms with Crippen molar-refractivity contribution in [3.8, 4) is 28.7 Å². The Kier molecular flexibility index (Phi) is 3.91. The van der Waals surface area contributed by atoms with Crippen molar-refractivity contribution in [2.75, 3.05) is 0 Å². The molecule has 0 radical (unpaired) electrons. The highest BCUT2D eigenvalue weighted by Crippen LogP contribution is 2.37. The van der Waals surface area contributed by atoms with Crippen molar-refractivity contribution in [3.63, 3.8) is 0 Å². The number of fused-ring (bicyclic) bond motifs is 1. The molecule has 0 atom stereocenters. The molecule has 5 aromatic rings. The molecule has 0 amide bonds. The van der Waals surface area contributed by atoms with Gasteiger partial charge in [-0.25, -0.2) is 4.98 Å². The number of aromatic amines is 1. The van der Waals surface area contributed by atoms with Gasteiger partial charge < -0.3 is 9.72 Å². The number of benzene rings is 3. The molecule has 3 aromatic carbocycles. The van der Waals surface area contributed by atoms with Crippen LogP contribution in [-0.4, -0.2) is 19.7 Å². The van der Waals surface area contributed by atoms with Crippen LogP contribution in [0, 0.1) is 6.92 Å². The summed E-state index contributed by atoms with van der Waals surface area (Å²) in [4.78, 5) is 8.16. The van der Waals surface area contributed by atoms with E-state index in [9.17, 15) is 0 Å². The maximum absolute atomic E-state index is 6.31. The number of H-pyrrole nitrogens is 1. The maximum Gasteiger partial charge on any atom is 0.233 e. The van der Waals surface area contributed by atoms with Crippen LogP contribution >= 0.6 is 0 Å². The second kappa shape index (κ2) is 6.70. The molecule has 28 heavy (non-hydrogen) atoms. The largest absolute Gasteiger partial charge is 0.438 e. The van der Waals surface area contributed by atoms with E-state index in [1.165, 1.54) is 0 Å². The number of aromatic nitrogens is 4. The first-order chi connectivity index (χ1) is 13.8. The Hall–Kier alpha value is -3.86. The normalized spacial score (nSPS) is 11.0. The number of imidazole rings is 1. The zero-order valence-corrected chi connectivity index (χ0v) is 15.3. The molecule has 0 unspecified atom stereocenters. The molecule has 136 valence electrons. The van der Waals surface area contributed by atoms with Gasteiger partial charge >= 0.3 is 0 Å². The van der Waals surface area contributed by atoms with Gasteiger partial charge in [0.05, 0.1) is 22.4 Å². The zero-order valence-electron chi connectivity index (χ0n) is 15.3. The number of rotatable bonds is 4. The fourth-order valence-electron chi connectivity index (χ4n) is 3.29. The van der Waals surface area contributed by atoms with E-state index < -0.39 is 0 Å². The van der Waals surface area contributed by atoms with E-state index in [0.717, 1.165) is 39.6 Å². The summed E-state index contributed by atoms with van der Waals surface area (Å²) < 4.78 is 8.13. The van der Waals surface area contributed by atoms with Crippen LogP contribution in [0.25, 0.3) is 28.1 Å². The van der Waals surface area contributed by atoms with Crippen LogP contribution in [0.4, 0.5) is 0 Å². The molecule has 0 saturated heterocycles. The number of nitrogens with one attached hydrogen (secondary N) is 1. The Morgan fingerprint density at radius 3 is 2.25 bits per heavy atom. The van der Waals surface area contributed by atoms with Gasteiger partial charge in [0.2, 0.25) is 5.88 Å². The summed E-state index contributed by atoms with van der Waals surface area (Å²) >= 11 is 0. The van der Waals surface area contributed by atoms with E-state index in [-0.39, 0.29) is 0 Å². The number of hydrogen-bond acceptors (Lipinski definition) is 3. The highest BCUT2D eigenvalue weighted by atomic mass is 16.5. The molecular weight excluding hydrogens is 348 g/mol. The third-order valence-electron chi connectivity index (χ3n) is 4.60. The average Bonchev–Trinajstić information content (AvgIpc) is 3.30. The molecule has 0 bridgehead atoms. The molecule has 0 aliphatic heterocycles. The van der Waals surface area contributed by atoms with Crippen molar-refractivity contribution in [3.05, 3.63) is 90.6 Å². The van der Waals surface area contributed by atoms with E-state index in [4.69, 9.17) is 14.8 Å². The minimum Gasteiger partial charge on any atom is -0.438 e. The van der Waals surface area contributed by atoms with Gasteiger partial charge in [0, 0.05) is 0 Å². The van der Waals surface area contributed by atoms with Crippen LogP contribution in [0.1, 0.15) is 5.69 Å². The van der Waals surface area contributed by atoms with Crippen LogP contribution in [0.2, 0.25) is 0 Å². The van der Waals surface area contributed by atoms with Gasteiger partial charge in [-0.1, -0.05) is 48.5 Å². The lowest BCUT2D eigenvalue weighted by molar-refractivity contribution is 0.445. The number of hydrogen-bond donors (Lipinski definition) is 1. The topological polar surface area (TPSA) is 55.7 Å². The first kappa shape index (κ1) is 16.3. The molecule has 5 nitrogen and oxygen atoms in total. The number of nitrogens with zero attached hydrogens (tertiary/aromatic N) is 3. The molecule has 0 spiro atoms. The lowest BCUT2D eigenvalue weighted by Crippen LogP contribution is -2.00. The lowest BCUT2D eigenvalue weighted by atomic mass is 10.2. The molecule has 5 heteroatoms. The van der Waals surface area contributed by atoms with E-state index in [0.29, 0.717) is 5.88 Å². The molecule has 0 fully saturated rings. The number of para-hydroxylation sites is 4. The van der Waals surface area contributed by atoms with Crippen LogP contribution < -0.4 is 4.74 Å². The molecule has 2 aromatic heterocycles. The smallest absolute Gasteiger partial charge is 0.233 e. The Bertz CT molecular complexity index is 1210. The Balaban J connectivity index is 1.72. The summed E-state index contributed by atoms with van der Waals surface area (Å²) in [5.41, 5.74) is 4.52. The second-order valence-electron chi connectivity index (χ2n) is 6.53. The first-order valence-electron chi connectivity index (χ1n) is 9.12. The van der Waals surface area contributed by atoms with Gasteiger partial charge in [-0.05, 0) is 43.3 Å². The Morgan fingerprint density at radius 2 is 1.50 bits per heavy atom. The first-order valence-corrected chi connectivity index (χ1v) is 9.12. The molecule has 0 aliphatic rings. The molecule has 1 N–H and O–H groups in total. The maximum atomic E-state index is 6.31. The van der Waals surface area contributed by atoms with E-state index >= 15 is 0 Å². The van der Waals surface area contributed by atoms with Gasteiger partial charge in [-0.2, -0.15) is 9.78 Å². The van der Waals surface area contributed by atoms with E-state index in [1.807, 2.05) is 96.5 Å². The minimum atomic E-state index is 0.633. The number of aryl methyl sites for hydroxylation is 1. The number of ether oxygens (including phenoxy) is 1. The van der Waals surface area contributed by atoms with Crippen molar-refractivity contribution in [1.29, 1.82) is 0 Å². The van der Waals surface area contributed by atoms with Crippen molar-refractivity contribution < 1.29 is 4.74 Å². The van der Waals surface area contributed by atoms with E-state index in [1.54, 1.807) is 0 Å². The summed E-state index contributed by atoms with van der Waals surface area (Å²) in [6.45, 7) is 1.97. The third kappa shape index (κ3) is 2.83. The van der Waals surface area contributed by atoms with Crippen LogP contribution in [0.3, 0.4) is 0 Å². The predicted octanol–water partition coefficient (Wildman–Crippen LogP) is 5.52. The molecule has 5 rings (SSSR count). The standard InChI is InChI=1S/C23H18N4O/c1-16-21(22-24-19-14-8-9-15-20(19)25-22)23(28-18-12-6-3-7-13-18)27(26-16)17-10-4-2-5-11-17/h2-15H,1H3,(H,24,25). The van der Waals surface area contributed by atoms with Crippen LogP contribution in [0.15, 0.2) is 84.9 Å². The molecule has 0 aliphatic carbocycles. The van der Waals surface area contributed by atoms with Crippen LogP contribution in [-0.2, 0) is 0 Å². The van der Waals surface area contributed by atoms with Gasteiger partial charge in [-0.15, -0.1) is 0 Å². The predicted molar refractivity (Wildman–Crippen MR) is 110 cm³/mol. The fraction of sp³-hybridized carbons (Fsp3) is 0.0435. The highest BCUT2D eigenvalue weighted by Gasteiger charge is 2.23. The lowest BCUT2D eigenvalue weighted by Gasteiger charge is -2.10. The molecular formula is C23H18N4O. The molecule has 2 heterocycles. The minimum absolute atomic E-state index is 0.633. The van der Waals surface area contributed by atoms with Crippen molar-refractivity contribution >= 4 is 11.0 Å². The quantitative estimate of drug-likeness (QED) is 0.456. The fourth-order valence-corrected chi connectivity index (χ4v) is 3.29. The van der Waals surface area contributed by atoms with E-state index in [2.05, 4.69) is 4.98 Å². The second-order valence-corrected chi connectivity index (χ2v) is 6.53. The van der Waals surface area contributed by atoms with Gasteiger partial charge in [0.15, 0.2) is 0 Å². The SMILES string of the molecule is Cc1nn(-c2ccccc2)c(Oc2ccccc2)c1-c1nc2ccccc2[nH]1. The van der Waals surface area contributed by atoms with Crippen molar-refractivity contribution in [1.82, 2.24) is 19.7 Å². The Labute approximate surface area is 162 Å². The van der Waals surface area contributed by atoms with Crippen molar-refractivity contribution in [2.24, 2.45) is 0 Å². The highest BCUT2D eigenvalue weighted by molar-refractivity contribution is 5.81. The van der Waals surface area contributed by atoms with Crippen molar-refractivity contribution in [2.45, 2.75) is 6.92 Å². The van der Waals surface area contributed by atoms with Gasteiger partial charge in [0.25, 0.3) is 0 Å².